The molecule has 0 aromatic rings. The summed E-state index contributed by atoms with van der Waals surface area (Å²) < 4.78 is 5.74. The number of ether oxygens (including phenoxy) is 1. The highest BCUT2D eigenvalue weighted by Gasteiger charge is 2.76. The molecule has 5 heteroatoms. The first-order chi connectivity index (χ1) is 12.2. The molecule has 0 saturated heterocycles. The van der Waals surface area contributed by atoms with Crippen molar-refractivity contribution in [3.8, 4) is 0 Å². The van der Waals surface area contributed by atoms with Crippen LogP contribution in [-0.2, 0) is 14.3 Å². The average molecular weight is 362 g/mol. The van der Waals surface area contributed by atoms with Gasteiger partial charge >= 0.3 is 5.97 Å². The molecule has 26 heavy (non-hydrogen) atoms. The Balaban J connectivity index is 1.85. The molecule has 2 N–H and O–H groups in total. The molecule has 4 saturated carbocycles. The first-order valence-corrected chi connectivity index (χ1v) is 9.90. The van der Waals surface area contributed by atoms with Gasteiger partial charge in [0, 0.05) is 23.2 Å². The molecule has 1 spiro atoms. The van der Waals surface area contributed by atoms with Crippen LogP contribution in [0.5, 0.6) is 0 Å². The van der Waals surface area contributed by atoms with E-state index in [9.17, 15) is 19.8 Å². The van der Waals surface area contributed by atoms with Crippen molar-refractivity contribution in [3.63, 3.8) is 0 Å². The van der Waals surface area contributed by atoms with Crippen LogP contribution in [0.4, 0.5) is 0 Å². The van der Waals surface area contributed by atoms with Gasteiger partial charge in [-0.2, -0.15) is 0 Å². The summed E-state index contributed by atoms with van der Waals surface area (Å²) in [5.41, 5.74) is -1.12. The highest BCUT2D eigenvalue weighted by Crippen LogP contribution is 2.77. The first-order valence-electron chi connectivity index (χ1n) is 9.90. The number of ketones is 1. The Labute approximate surface area is 154 Å². The molecular formula is C21H30O5. The molecule has 8 atom stereocenters. The maximum atomic E-state index is 13.0. The Morgan fingerprint density at radius 3 is 2.77 bits per heavy atom. The van der Waals surface area contributed by atoms with Crippen molar-refractivity contribution in [2.75, 3.05) is 6.61 Å². The number of hydrogen-bond donors (Lipinski definition) is 2. The topological polar surface area (TPSA) is 83.8 Å². The average Bonchev–Trinajstić information content (AvgIpc) is 3.29. The van der Waals surface area contributed by atoms with Gasteiger partial charge in [0.05, 0.1) is 6.10 Å². The zero-order valence-electron chi connectivity index (χ0n) is 15.7. The summed E-state index contributed by atoms with van der Waals surface area (Å²) in [4.78, 5) is 25.0. The van der Waals surface area contributed by atoms with E-state index in [4.69, 9.17) is 4.74 Å². The molecule has 0 aromatic heterocycles. The second kappa shape index (κ2) is 5.65. The second-order valence-electron chi connectivity index (χ2n) is 9.47. The number of carbonyl (C=O) groups excluding carboxylic acids is 2. The Kier molecular flexibility index (Phi) is 3.95. The van der Waals surface area contributed by atoms with Crippen LogP contribution in [0.25, 0.3) is 0 Å². The van der Waals surface area contributed by atoms with Gasteiger partial charge in [0.2, 0.25) is 0 Å². The monoisotopic (exact) mass is 362 g/mol. The van der Waals surface area contributed by atoms with Gasteiger partial charge in [0.15, 0.2) is 0 Å². The summed E-state index contributed by atoms with van der Waals surface area (Å²) in [6.45, 7) is 7.36. The van der Waals surface area contributed by atoms with E-state index in [1.165, 1.54) is 0 Å². The molecule has 0 heterocycles. The van der Waals surface area contributed by atoms with Crippen molar-refractivity contribution in [1.82, 2.24) is 0 Å². The third kappa shape index (κ3) is 2.10. The van der Waals surface area contributed by atoms with Gasteiger partial charge < -0.3 is 14.9 Å². The highest BCUT2D eigenvalue weighted by atomic mass is 16.6. The van der Waals surface area contributed by atoms with Crippen LogP contribution in [0.2, 0.25) is 0 Å². The van der Waals surface area contributed by atoms with Crippen LogP contribution in [0.15, 0.2) is 12.7 Å². The lowest BCUT2D eigenvalue weighted by molar-refractivity contribution is -0.181. The normalized spacial score (nSPS) is 52.3. The molecule has 2 unspecified atom stereocenters. The van der Waals surface area contributed by atoms with Crippen molar-refractivity contribution in [2.24, 2.45) is 34.0 Å². The smallest absolute Gasteiger partial charge is 0.332 e. The van der Waals surface area contributed by atoms with E-state index in [2.05, 4.69) is 13.5 Å². The number of aliphatic hydroxyl groups is 2. The third-order valence-electron chi connectivity index (χ3n) is 8.58. The van der Waals surface area contributed by atoms with Crippen LogP contribution < -0.4 is 0 Å². The minimum absolute atomic E-state index is 0.00475. The van der Waals surface area contributed by atoms with E-state index in [1.54, 1.807) is 6.08 Å². The second-order valence-corrected chi connectivity index (χ2v) is 9.47. The van der Waals surface area contributed by atoms with E-state index >= 15 is 0 Å². The molecule has 4 aliphatic rings. The van der Waals surface area contributed by atoms with Crippen molar-refractivity contribution >= 4 is 11.8 Å². The fourth-order valence-electron chi connectivity index (χ4n) is 7.05. The quantitative estimate of drug-likeness (QED) is 0.594. The zero-order valence-corrected chi connectivity index (χ0v) is 15.7. The zero-order chi connectivity index (χ0) is 18.9. The van der Waals surface area contributed by atoms with Crippen LogP contribution in [0.1, 0.15) is 52.4 Å². The van der Waals surface area contributed by atoms with Crippen molar-refractivity contribution in [3.05, 3.63) is 12.7 Å². The van der Waals surface area contributed by atoms with E-state index < -0.39 is 30.2 Å². The summed E-state index contributed by atoms with van der Waals surface area (Å²) in [6, 6.07) is 0. The number of Topliss-reactive ketones (excluding diaryl/α,β-unsaturated/α-hetero) is 1. The minimum atomic E-state index is -0.662. The van der Waals surface area contributed by atoms with Gasteiger partial charge in [0.25, 0.3) is 0 Å². The molecule has 0 radical (unpaired) electrons. The van der Waals surface area contributed by atoms with Crippen LogP contribution in [0.3, 0.4) is 0 Å². The van der Waals surface area contributed by atoms with Gasteiger partial charge in [-0.25, -0.2) is 4.79 Å². The summed E-state index contributed by atoms with van der Waals surface area (Å²) in [6.07, 6.45) is 5.40. The lowest BCUT2D eigenvalue weighted by atomic mass is 9.50. The SMILES string of the molecule is C=C[C@]1(C)C[C@@H](OC(=O)CO)[C@]23C[C@@H]2CCC2(CCC(=O)C23)[C@@H](C)[C@@H]1O. The van der Waals surface area contributed by atoms with Crippen molar-refractivity contribution in [2.45, 2.75) is 64.6 Å². The molecule has 2 bridgehead atoms. The highest BCUT2D eigenvalue weighted by molar-refractivity contribution is 5.86. The van der Waals surface area contributed by atoms with Crippen LogP contribution in [-0.4, -0.2) is 40.8 Å². The summed E-state index contributed by atoms with van der Waals surface area (Å²) in [5.74, 6) is -0.112. The van der Waals surface area contributed by atoms with Gasteiger partial charge in [-0.1, -0.05) is 19.9 Å². The molecule has 4 rings (SSSR count). The van der Waals surface area contributed by atoms with E-state index in [0.717, 1.165) is 25.7 Å². The molecule has 4 fully saturated rings. The third-order valence-corrected chi connectivity index (χ3v) is 8.58. The Bertz CT molecular complexity index is 659. The van der Waals surface area contributed by atoms with Gasteiger partial charge in [-0.3, -0.25) is 4.79 Å². The molecular weight excluding hydrogens is 332 g/mol. The maximum Gasteiger partial charge on any atom is 0.332 e. The number of aliphatic hydroxyl groups excluding tert-OH is 2. The fourth-order valence-corrected chi connectivity index (χ4v) is 7.05. The lowest BCUT2D eigenvalue weighted by Gasteiger charge is -2.55. The van der Waals surface area contributed by atoms with Crippen LogP contribution in [0, 0.1) is 34.0 Å². The Morgan fingerprint density at radius 2 is 2.12 bits per heavy atom. The maximum absolute atomic E-state index is 13.0. The summed E-state index contributed by atoms with van der Waals surface area (Å²) >= 11 is 0. The number of carbonyl (C=O) groups is 2. The molecule has 4 aliphatic carbocycles. The molecule has 0 amide bonds. The number of rotatable bonds is 3. The fraction of sp³-hybridized carbons (Fsp3) is 0.810. The summed E-state index contributed by atoms with van der Waals surface area (Å²) in [7, 11) is 0. The Morgan fingerprint density at radius 1 is 1.38 bits per heavy atom. The minimum Gasteiger partial charge on any atom is -0.460 e. The molecule has 0 aromatic carbocycles. The lowest BCUT2D eigenvalue weighted by Crippen LogP contribution is -2.57. The predicted octanol–water partition coefficient (Wildman–Crippen LogP) is 2.25. The van der Waals surface area contributed by atoms with Crippen LogP contribution >= 0.6 is 0 Å². The van der Waals surface area contributed by atoms with Gasteiger partial charge in [-0.15, -0.1) is 6.58 Å². The van der Waals surface area contributed by atoms with Gasteiger partial charge in [-0.05, 0) is 49.4 Å². The van der Waals surface area contributed by atoms with E-state index in [0.29, 0.717) is 18.8 Å². The van der Waals surface area contributed by atoms with E-state index in [-0.39, 0.29) is 28.4 Å². The number of hydrogen-bond acceptors (Lipinski definition) is 5. The first kappa shape index (κ1) is 18.2. The summed E-state index contributed by atoms with van der Waals surface area (Å²) in [5, 5.41) is 20.5. The largest absolute Gasteiger partial charge is 0.460 e. The van der Waals surface area contributed by atoms with E-state index in [1.807, 2.05) is 6.92 Å². The number of esters is 1. The van der Waals surface area contributed by atoms with Gasteiger partial charge in [0.1, 0.15) is 18.5 Å². The standard InChI is InChI=1S/C21H30O5/c1-4-19(3)10-15(26-16(24)11-22)21-9-13(21)5-7-20(12(2)18(19)25)8-6-14(23)17(20)21/h4,12-13,15,17-18,22,25H,1,5-11H2,2-3H3/t12-,13-,15+,17?,18-,19+,20?,21-/m0/s1. The molecule has 5 nitrogen and oxygen atoms in total. The molecule has 144 valence electrons. The Hall–Kier alpha value is -1.20. The van der Waals surface area contributed by atoms with Crippen molar-refractivity contribution in [1.29, 1.82) is 0 Å². The predicted molar refractivity (Wildman–Crippen MR) is 95.0 cm³/mol. The molecule has 0 aliphatic heterocycles. The van der Waals surface area contributed by atoms with Crippen molar-refractivity contribution < 1.29 is 24.5 Å².